The Bertz CT molecular complexity index is 112. The molecular formula is C9H20N2. The molecule has 0 N–H and O–H groups in total. The van der Waals surface area contributed by atoms with Crippen molar-refractivity contribution in [3.05, 3.63) is 0 Å². The molecule has 1 aliphatic heterocycles. The minimum Gasteiger partial charge on any atom is -0.305 e. The lowest BCUT2D eigenvalue weighted by Crippen LogP contribution is -2.31. The summed E-state index contributed by atoms with van der Waals surface area (Å²) in [6, 6.07) is 0.807. The zero-order valence-electron chi connectivity index (χ0n) is 8.01. The summed E-state index contributed by atoms with van der Waals surface area (Å²) < 4.78 is 0. The first-order chi connectivity index (χ1) is 5.24. The highest BCUT2D eigenvalue weighted by Crippen LogP contribution is 2.12. The largest absolute Gasteiger partial charge is 0.305 e. The van der Waals surface area contributed by atoms with E-state index in [4.69, 9.17) is 0 Å². The lowest BCUT2D eigenvalue weighted by Gasteiger charge is -2.19. The van der Waals surface area contributed by atoms with Gasteiger partial charge in [-0.2, -0.15) is 0 Å². The van der Waals surface area contributed by atoms with Crippen LogP contribution in [0.25, 0.3) is 0 Å². The number of hydrogen-bond donors (Lipinski definition) is 0. The Hall–Kier alpha value is -0.0800. The van der Waals surface area contributed by atoms with E-state index in [-0.39, 0.29) is 0 Å². The van der Waals surface area contributed by atoms with E-state index in [1.54, 1.807) is 0 Å². The predicted molar refractivity (Wildman–Crippen MR) is 48.8 cm³/mol. The Morgan fingerprint density at radius 1 is 1.45 bits per heavy atom. The molecule has 0 aromatic carbocycles. The summed E-state index contributed by atoms with van der Waals surface area (Å²) in [6.45, 7) is 6.12. The molecule has 1 atom stereocenters. The first-order valence-electron chi connectivity index (χ1n) is 4.62. The molecule has 1 aliphatic rings. The fourth-order valence-electron chi connectivity index (χ4n) is 1.75. The summed E-state index contributed by atoms with van der Waals surface area (Å²) >= 11 is 0. The normalized spacial score (nSPS) is 26.7. The van der Waals surface area contributed by atoms with E-state index in [2.05, 4.69) is 30.8 Å². The van der Waals surface area contributed by atoms with Crippen molar-refractivity contribution >= 4 is 0 Å². The van der Waals surface area contributed by atoms with Gasteiger partial charge in [0.25, 0.3) is 0 Å². The Morgan fingerprint density at radius 2 is 2.18 bits per heavy atom. The third-order valence-electron chi connectivity index (χ3n) is 2.52. The monoisotopic (exact) mass is 156 g/mol. The first-order valence-corrected chi connectivity index (χ1v) is 4.62. The number of rotatable bonds is 3. The van der Waals surface area contributed by atoms with Gasteiger partial charge in [0.1, 0.15) is 0 Å². The van der Waals surface area contributed by atoms with Gasteiger partial charge in [-0.3, -0.25) is 0 Å². The molecule has 0 aromatic rings. The topological polar surface area (TPSA) is 6.48 Å². The molecule has 2 nitrogen and oxygen atoms in total. The van der Waals surface area contributed by atoms with Gasteiger partial charge < -0.3 is 9.80 Å². The molecule has 1 heterocycles. The molecule has 0 amide bonds. The van der Waals surface area contributed by atoms with Crippen LogP contribution in [0.2, 0.25) is 0 Å². The SMILES string of the molecule is CCCN1CC[C@H](N(C)C)C1. The number of likely N-dealkylation sites (N-methyl/N-ethyl adjacent to an activating group) is 1. The van der Waals surface area contributed by atoms with Gasteiger partial charge in [-0.25, -0.2) is 0 Å². The van der Waals surface area contributed by atoms with Crippen LogP contribution < -0.4 is 0 Å². The van der Waals surface area contributed by atoms with E-state index in [0.717, 1.165) is 6.04 Å². The summed E-state index contributed by atoms with van der Waals surface area (Å²) in [5, 5.41) is 0. The average molecular weight is 156 g/mol. The summed E-state index contributed by atoms with van der Waals surface area (Å²) in [5.74, 6) is 0. The van der Waals surface area contributed by atoms with E-state index in [0.29, 0.717) is 0 Å². The molecule has 66 valence electrons. The van der Waals surface area contributed by atoms with Crippen LogP contribution in [0.3, 0.4) is 0 Å². The number of hydrogen-bond acceptors (Lipinski definition) is 2. The smallest absolute Gasteiger partial charge is 0.0229 e. The quantitative estimate of drug-likeness (QED) is 0.602. The molecule has 0 bridgehead atoms. The summed E-state index contributed by atoms with van der Waals surface area (Å²) in [7, 11) is 4.36. The van der Waals surface area contributed by atoms with Crippen LogP contribution >= 0.6 is 0 Å². The van der Waals surface area contributed by atoms with Gasteiger partial charge in [0, 0.05) is 12.6 Å². The summed E-state index contributed by atoms with van der Waals surface area (Å²) in [5.41, 5.74) is 0. The van der Waals surface area contributed by atoms with Crippen molar-refractivity contribution in [1.82, 2.24) is 9.80 Å². The van der Waals surface area contributed by atoms with Crippen LogP contribution in [0.1, 0.15) is 19.8 Å². The highest BCUT2D eigenvalue weighted by atomic mass is 15.2. The second-order valence-electron chi connectivity index (χ2n) is 3.71. The highest BCUT2D eigenvalue weighted by molar-refractivity contribution is 4.79. The minimum absolute atomic E-state index is 0.807. The van der Waals surface area contributed by atoms with Crippen molar-refractivity contribution in [3.63, 3.8) is 0 Å². The number of nitrogens with zero attached hydrogens (tertiary/aromatic N) is 2. The van der Waals surface area contributed by atoms with Crippen LogP contribution in [0, 0.1) is 0 Å². The van der Waals surface area contributed by atoms with Gasteiger partial charge >= 0.3 is 0 Å². The standard InChI is InChI=1S/C9H20N2/c1-4-6-11-7-5-9(8-11)10(2)3/h9H,4-8H2,1-3H3/t9-/m0/s1. The molecule has 1 fully saturated rings. The number of likely N-dealkylation sites (tertiary alicyclic amines) is 1. The van der Waals surface area contributed by atoms with Crippen molar-refractivity contribution in [2.24, 2.45) is 0 Å². The Balaban J connectivity index is 2.23. The second kappa shape index (κ2) is 4.07. The third-order valence-corrected chi connectivity index (χ3v) is 2.52. The lowest BCUT2D eigenvalue weighted by atomic mass is 10.2. The van der Waals surface area contributed by atoms with Crippen LogP contribution in [-0.4, -0.2) is 49.6 Å². The Kier molecular flexibility index (Phi) is 3.34. The van der Waals surface area contributed by atoms with Gasteiger partial charge in [-0.1, -0.05) is 6.92 Å². The first kappa shape index (κ1) is 9.01. The summed E-state index contributed by atoms with van der Waals surface area (Å²) in [6.07, 6.45) is 2.65. The van der Waals surface area contributed by atoms with E-state index in [1.165, 1.54) is 32.5 Å². The molecule has 1 rings (SSSR count). The maximum absolute atomic E-state index is 2.56. The van der Waals surface area contributed by atoms with Crippen molar-refractivity contribution < 1.29 is 0 Å². The molecule has 0 aliphatic carbocycles. The fourth-order valence-corrected chi connectivity index (χ4v) is 1.75. The van der Waals surface area contributed by atoms with Crippen molar-refractivity contribution in [2.45, 2.75) is 25.8 Å². The third kappa shape index (κ3) is 2.46. The minimum atomic E-state index is 0.807. The van der Waals surface area contributed by atoms with E-state index in [9.17, 15) is 0 Å². The molecule has 1 saturated heterocycles. The maximum Gasteiger partial charge on any atom is 0.0229 e. The van der Waals surface area contributed by atoms with E-state index in [1.807, 2.05) is 0 Å². The zero-order chi connectivity index (χ0) is 8.27. The highest BCUT2D eigenvalue weighted by Gasteiger charge is 2.22. The van der Waals surface area contributed by atoms with Gasteiger partial charge in [-0.05, 0) is 40.0 Å². The lowest BCUT2D eigenvalue weighted by molar-refractivity contribution is 0.269. The summed E-state index contributed by atoms with van der Waals surface area (Å²) in [4.78, 5) is 4.90. The fraction of sp³-hybridized carbons (Fsp3) is 1.00. The average Bonchev–Trinajstić information content (AvgIpc) is 2.37. The van der Waals surface area contributed by atoms with Crippen molar-refractivity contribution in [1.29, 1.82) is 0 Å². The van der Waals surface area contributed by atoms with E-state index < -0.39 is 0 Å². The van der Waals surface area contributed by atoms with Crippen molar-refractivity contribution in [2.75, 3.05) is 33.7 Å². The molecule has 11 heavy (non-hydrogen) atoms. The predicted octanol–water partition coefficient (Wildman–Crippen LogP) is 1.03. The van der Waals surface area contributed by atoms with Crippen molar-refractivity contribution in [3.8, 4) is 0 Å². The van der Waals surface area contributed by atoms with Crippen LogP contribution in [0.15, 0.2) is 0 Å². The van der Waals surface area contributed by atoms with Gasteiger partial charge in [0.05, 0.1) is 0 Å². The molecular weight excluding hydrogens is 136 g/mol. The Labute approximate surface area is 70.2 Å². The van der Waals surface area contributed by atoms with Crippen LogP contribution in [0.5, 0.6) is 0 Å². The van der Waals surface area contributed by atoms with Crippen LogP contribution in [-0.2, 0) is 0 Å². The van der Waals surface area contributed by atoms with E-state index >= 15 is 0 Å². The molecule has 2 heteroatoms. The van der Waals surface area contributed by atoms with Gasteiger partial charge in [0.2, 0.25) is 0 Å². The van der Waals surface area contributed by atoms with Crippen LogP contribution in [0.4, 0.5) is 0 Å². The molecule has 0 spiro atoms. The molecule has 0 unspecified atom stereocenters. The Morgan fingerprint density at radius 3 is 2.64 bits per heavy atom. The molecule has 0 aromatic heterocycles. The zero-order valence-corrected chi connectivity index (χ0v) is 8.01. The van der Waals surface area contributed by atoms with Gasteiger partial charge in [-0.15, -0.1) is 0 Å². The van der Waals surface area contributed by atoms with Gasteiger partial charge in [0.15, 0.2) is 0 Å². The maximum atomic E-state index is 2.56. The molecule has 0 radical (unpaired) electrons. The second-order valence-corrected chi connectivity index (χ2v) is 3.71. The molecule has 0 saturated carbocycles.